The molecule has 0 saturated carbocycles. The van der Waals surface area contributed by atoms with Gasteiger partial charge in [0, 0.05) is 30.0 Å². The molecule has 3 aromatic rings. The van der Waals surface area contributed by atoms with Gasteiger partial charge >= 0.3 is 0 Å². The van der Waals surface area contributed by atoms with Crippen molar-refractivity contribution in [3.63, 3.8) is 0 Å². The topological polar surface area (TPSA) is 74.8 Å². The van der Waals surface area contributed by atoms with Gasteiger partial charge in [-0.05, 0) is 30.0 Å². The maximum Gasteiger partial charge on any atom is 0.226 e. The van der Waals surface area contributed by atoms with Gasteiger partial charge in [0.2, 0.25) is 5.91 Å². The molecule has 1 amide bonds. The Morgan fingerprint density at radius 1 is 1.15 bits per heavy atom. The maximum atomic E-state index is 12.3. The molecule has 0 saturated heterocycles. The molecule has 0 aliphatic rings. The van der Waals surface area contributed by atoms with E-state index in [9.17, 15) is 9.59 Å². The summed E-state index contributed by atoms with van der Waals surface area (Å²) in [5, 5.41) is 5.18. The Balaban J connectivity index is 1.49. The molecule has 0 aliphatic heterocycles. The molecule has 0 bridgehead atoms. The molecule has 0 spiro atoms. The summed E-state index contributed by atoms with van der Waals surface area (Å²) in [7, 11) is 0. The van der Waals surface area contributed by atoms with Crippen LogP contribution >= 0.6 is 11.3 Å². The van der Waals surface area contributed by atoms with Crippen LogP contribution in [-0.2, 0) is 11.2 Å². The Morgan fingerprint density at radius 3 is 2.59 bits per heavy atom. The standard InChI is InChI=1S/C21H23N3O2S/c1-14(2)12-15-5-7-16(8-6-15)19(25)9-10-20(26)24-21-23-18(13-27-21)17-4-3-11-22-17/h3-8,11,13-14,22H,9-10,12H2,1-2H3,(H,23,24,26). The summed E-state index contributed by atoms with van der Waals surface area (Å²) in [5.74, 6) is 0.359. The van der Waals surface area contributed by atoms with Crippen molar-refractivity contribution in [2.24, 2.45) is 5.92 Å². The van der Waals surface area contributed by atoms with Crippen LogP contribution in [0.4, 0.5) is 5.13 Å². The van der Waals surface area contributed by atoms with Gasteiger partial charge in [0.05, 0.1) is 11.4 Å². The van der Waals surface area contributed by atoms with Crippen LogP contribution < -0.4 is 5.32 Å². The average Bonchev–Trinajstić information content (AvgIpc) is 3.31. The number of aromatic nitrogens is 2. The van der Waals surface area contributed by atoms with Gasteiger partial charge in [-0.2, -0.15) is 0 Å². The first-order valence-electron chi connectivity index (χ1n) is 9.02. The molecule has 5 nitrogen and oxygen atoms in total. The van der Waals surface area contributed by atoms with Gasteiger partial charge in [-0.25, -0.2) is 4.98 Å². The molecule has 27 heavy (non-hydrogen) atoms. The van der Waals surface area contributed by atoms with Crippen LogP contribution in [0.25, 0.3) is 11.4 Å². The highest BCUT2D eigenvalue weighted by atomic mass is 32.1. The summed E-state index contributed by atoms with van der Waals surface area (Å²) in [6.07, 6.45) is 3.15. The molecular weight excluding hydrogens is 358 g/mol. The normalized spacial score (nSPS) is 10.9. The van der Waals surface area contributed by atoms with Crippen molar-refractivity contribution in [3.05, 3.63) is 59.1 Å². The number of carbonyl (C=O) groups excluding carboxylic acids is 2. The van der Waals surface area contributed by atoms with Crippen LogP contribution in [0.2, 0.25) is 0 Å². The van der Waals surface area contributed by atoms with E-state index in [1.165, 1.54) is 16.9 Å². The van der Waals surface area contributed by atoms with E-state index in [-0.39, 0.29) is 24.5 Å². The van der Waals surface area contributed by atoms with Crippen molar-refractivity contribution in [1.82, 2.24) is 9.97 Å². The van der Waals surface area contributed by atoms with E-state index >= 15 is 0 Å². The maximum absolute atomic E-state index is 12.3. The molecule has 2 heterocycles. The number of anilines is 1. The number of nitrogens with one attached hydrogen (secondary N) is 2. The Morgan fingerprint density at radius 2 is 1.93 bits per heavy atom. The Hall–Kier alpha value is -2.73. The number of hydrogen-bond acceptors (Lipinski definition) is 4. The van der Waals surface area contributed by atoms with E-state index in [2.05, 4.69) is 29.1 Å². The third-order valence-electron chi connectivity index (χ3n) is 4.12. The minimum absolute atomic E-state index is 0.0209. The molecule has 0 radical (unpaired) electrons. The minimum Gasteiger partial charge on any atom is -0.360 e. The van der Waals surface area contributed by atoms with E-state index in [1.54, 1.807) is 0 Å². The summed E-state index contributed by atoms with van der Waals surface area (Å²) in [6.45, 7) is 4.34. The van der Waals surface area contributed by atoms with Gasteiger partial charge in [-0.15, -0.1) is 11.3 Å². The van der Waals surface area contributed by atoms with E-state index in [0.29, 0.717) is 16.6 Å². The Kier molecular flexibility index (Phi) is 6.19. The smallest absolute Gasteiger partial charge is 0.226 e. The van der Waals surface area contributed by atoms with Crippen LogP contribution in [0, 0.1) is 5.92 Å². The average molecular weight is 382 g/mol. The minimum atomic E-state index is -0.202. The second-order valence-corrected chi connectivity index (χ2v) is 7.75. The molecule has 140 valence electrons. The van der Waals surface area contributed by atoms with Crippen LogP contribution in [0.5, 0.6) is 0 Å². The largest absolute Gasteiger partial charge is 0.360 e. The van der Waals surface area contributed by atoms with Crippen molar-refractivity contribution in [3.8, 4) is 11.4 Å². The zero-order valence-corrected chi connectivity index (χ0v) is 16.3. The SMILES string of the molecule is CC(C)Cc1ccc(C(=O)CCC(=O)Nc2nc(-c3ccc[nH]3)cs2)cc1. The molecule has 0 atom stereocenters. The molecule has 2 aromatic heterocycles. The molecule has 2 N–H and O–H groups in total. The molecule has 0 aliphatic carbocycles. The van der Waals surface area contributed by atoms with Gasteiger partial charge in [-0.1, -0.05) is 38.1 Å². The highest BCUT2D eigenvalue weighted by molar-refractivity contribution is 7.14. The summed E-state index contributed by atoms with van der Waals surface area (Å²) < 4.78 is 0. The quantitative estimate of drug-likeness (QED) is 0.543. The molecule has 0 unspecified atom stereocenters. The number of rotatable bonds is 8. The second kappa shape index (κ2) is 8.77. The predicted molar refractivity (Wildman–Crippen MR) is 109 cm³/mol. The number of amides is 1. The van der Waals surface area contributed by atoms with Crippen molar-refractivity contribution in [1.29, 1.82) is 0 Å². The van der Waals surface area contributed by atoms with E-state index in [4.69, 9.17) is 0 Å². The fourth-order valence-corrected chi connectivity index (χ4v) is 3.52. The number of Topliss-reactive ketones (excluding diaryl/α,β-unsaturated/α-hetero) is 1. The molecule has 3 rings (SSSR count). The lowest BCUT2D eigenvalue weighted by molar-refractivity contribution is -0.116. The highest BCUT2D eigenvalue weighted by Crippen LogP contribution is 2.23. The summed E-state index contributed by atoms with van der Waals surface area (Å²) >= 11 is 1.37. The summed E-state index contributed by atoms with van der Waals surface area (Å²) in [6, 6.07) is 11.5. The molecule has 1 aromatic carbocycles. The van der Waals surface area contributed by atoms with Crippen molar-refractivity contribution >= 4 is 28.2 Å². The number of hydrogen-bond donors (Lipinski definition) is 2. The first-order chi connectivity index (χ1) is 13.0. The Labute approximate surface area is 162 Å². The summed E-state index contributed by atoms with van der Waals surface area (Å²) in [5.41, 5.74) is 3.57. The lowest BCUT2D eigenvalue weighted by Crippen LogP contribution is -2.13. The number of thiazole rings is 1. The number of aromatic amines is 1. The van der Waals surface area contributed by atoms with E-state index < -0.39 is 0 Å². The number of H-pyrrole nitrogens is 1. The Bertz CT molecular complexity index is 896. The summed E-state index contributed by atoms with van der Waals surface area (Å²) in [4.78, 5) is 31.9. The molecular formula is C21H23N3O2S. The third-order valence-corrected chi connectivity index (χ3v) is 4.88. The van der Waals surface area contributed by atoms with Gasteiger partial charge in [-0.3, -0.25) is 9.59 Å². The predicted octanol–water partition coefficient (Wildman–Crippen LogP) is 4.94. The number of nitrogens with zero attached hydrogens (tertiary/aromatic N) is 1. The highest BCUT2D eigenvalue weighted by Gasteiger charge is 2.12. The van der Waals surface area contributed by atoms with Crippen LogP contribution in [0.1, 0.15) is 42.6 Å². The lowest BCUT2D eigenvalue weighted by atomic mass is 9.99. The van der Waals surface area contributed by atoms with Gasteiger partial charge in [0.25, 0.3) is 0 Å². The van der Waals surface area contributed by atoms with Gasteiger partial charge in [0.1, 0.15) is 0 Å². The van der Waals surface area contributed by atoms with Crippen molar-refractivity contribution < 1.29 is 9.59 Å². The van der Waals surface area contributed by atoms with Crippen LogP contribution in [-0.4, -0.2) is 21.7 Å². The monoisotopic (exact) mass is 381 g/mol. The first kappa shape index (κ1) is 19.0. The fraction of sp³-hybridized carbons (Fsp3) is 0.286. The number of ketones is 1. The van der Waals surface area contributed by atoms with Gasteiger partial charge < -0.3 is 10.3 Å². The number of carbonyl (C=O) groups is 2. The number of benzene rings is 1. The van der Waals surface area contributed by atoms with Crippen LogP contribution in [0.15, 0.2) is 48.0 Å². The van der Waals surface area contributed by atoms with Crippen molar-refractivity contribution in [2.45, 2.75) is 33.1 Å². The van der Waals surface area contributed by atoms with E-state index in [1.807, 2.05) is 48.0 Å². The lowest BCUT2D eigenvalue weighted by Gasteiger charge is -2.06. The molecule has 6 heteroatoms. The van der Waals surface area contributed by atoms with Crippen molar-refractivity contribution in [2.75, 3.05) is 5.32 Å². The zero-order valence-electron chi connectivity index (χ0n) is 15.5. The molecule has 0 fully saturated rings. The first-order valence-corrected chi connectivity index (χ1v) is 9.90. The van der Waals surface area contributed by atoms with E-state index in [0.717, 1.165) is 17.8 Å². The zero-order chi connectivity index (χ0) is 19.2. The van der Waals surface area contributed by atoms with Crippen LogP contribution in [0.3, 0.4) is 0 Å². The van der Waals surface area contributed by atoms with Gasteiger partial charge in [0.15, 0.2) is 10.9 Å². The third kappa shape index (κ3) is 5.37. The fourth-order valence-electron chi connectivity index (χ4n) is 2.80. The second-order valence-electron chi connectivity index (χ2n) is 6.89.